The molecule has 2 aromatic rings. The molecule has 0 bridgehead atoms. The monoisotopic (exact) mass is 370 g/mol. The van der Waals surface area contributed by atoms with Crippen LogP contribution in [0.5, 0.6) is 0 Å². The van der Waals surface area contributed by atoms with E-state index in [9.17, 15) is 17.6 Å². The van der Waals surface area contributed by atoms with Gasteiger partial charge in [0.05, 0.1) is 17.0 Å². The van der Waals surface area contributed by atoms with Crippen LogP contribution in [-0.2, 0) is 14.8 Å². The molecular weight excluding hydrogens is 355 g/mol. The van der Waals surface area contributed by atoms with Gasteiger partial charge in [0.25, 0.3) is 0 Å². The first-order valence-corrected chi connectivity index (χ1v) is 9.27. The maximum atomic E-state index is 13.1. The van der Waals surface area contributed by atoms with E-state index in [0.717, 1.165) is 10.6 Å². The smallest absolute Gasteiger partial charge is 0.232 e. The fraction of sp³-hybridized carbons (Fsp3) is 0.188. The number of rotatable bonds is 6. The van der Waals surface area contributed by atoms with Gasteiger partial charge in [-0.25, -0.2) is 12.8 Å². The van der Waals surface area contributed by atoms with Crippen molar-refractivity contribution < 1.29 is 17.6 Å². The summed E-state index contributed by atoms with van der Waals surface area (Å²) in [6, 6.07) is 11.9. The minimum absolute atomic E-state index is 0.0796. The summed E-state index contributed by atoms with van der Waals surface area (Å²) in [6.07, 6.45) is 0.940. The molecule has 0 heterocycles. The van der Waals surface area contributed by atoms with E-state index in [0.29, 0.717) is 11.4 Å². The second kappa shape index (κ2) is 7.63. The molecule has 0 spiro atoms. The number of anilines is 2. The van der Waals surface area contributed by atoms with Crippen molar-refractivity contribution in [2.24, 2.45) is 0 Å². The highest BCUT2D eigenvalue weighted by molar-refractivity contribution is 7.92. The molecule has 0 aliphatic rings. The van der Waals surface area contributed by atoms with Gasteiger partial charge >= 0.3 is 0 Å². The average molecular weight is 371 g/mol. The van der Waals surface area contributed by atoms with E-state index < -0.39 is 21.7 Å². The van der Waals surface area contributed by atoms with Crippen LogP contribution < -0.4 is 9.62 Å². The lowest BCUT2D eigenvalue weighted by molar-refractivity contribution is -0.116. The molecule has 0 radical (unpaired) electrons. The van der Waals surface area contributed by atoms with Crippen molar-refractivity contribution in [3.63, 3.8) is 0 Å². The molecule has 0 fully saturated rings. The highest BCUT2D eigenvalue weighted by Gasteiger charge is 2.20. The summed E-state index contributed by atoms with van der Waals surface area (Å²) in [5, 5.41) is 2.79. The van der Waals surface area contributed by atoms with Gasteiger partial charge in [0.1, 0.15) is 5.82 Å². The average Bonchev–Trinajstić information content (AvgIpc) is 2.48. The summed E-state index contributed by atoms with van der Waals surface area (Å²) in [5.41, 5.74) is 0.615. The molecule has 0 aromatic heterocycles. The van der Waals surface area contributed by atoms with E-state index in [2.05, 4.69) is 5.32 Å². The van der Waals surface area contributed by atoms with Crippen LogP contribution in [0.25, 0.3) is 0 Å². The largest absolute Gasteiger partial charge is 0.326 e. The number of halogens is 2. The first-order valence-electron chi connectivity index (χ1n) is 7.05. The first kappa shape index (κ1) is 18.2. The third-order valence-electron chi connectivity index (χ3n) is 3.17. The zero-order chi connectivity index (χ0) is 17.7. The van der Waals surface area contributed by atoms with Gasteiger partial charge in [-0.3, -0.25) is 9.10 Å². The van der Waals surface area contributed by atoms with E-state index in [1.807, 2.05) is 0 Å². The first-order chi connectivity index (χ1) is 11.3. The van der Waals surface area contributed by atoms with E-state index in [1.165, 1.54) is 18.2 Å². The van der Waals surface area contributed by atoms with Crippen molar-refractivity contribution >= 4 is 38.9 Å². The van der Waals surface area contributed by atoms with Crippen molar-refractivity contribution in [1.82, 2.24) is 0 Å². The summed E-state index contributed by atoms with van der Waals surface area (Å²) in [7, 11) is -3.61. The number of nitrogens with one attached hydrogen (secondary N) is 1. The quantitative estimate of drug-likeness (QED) is 0.848. The normalized spacial score (nSPS) is 11.1. The number of benzene rings is 2. The standard InChI is InChI=1S/C16H16ClFN2O3S/c1-24(22,23)20(15-8-3-2-7-14(15)17)10-9-16(21)19-13-6-4-5-12(18)11-13/h2-8,11H,9-10H2,1H3,(H,19,21). The topological polar surface area (TPSA) is 66.5 Å². The van der Waals surface area contributed by atoms with Crippen molar-refractivity contribution in [2.75, 3.05) is 22.4 Å². The van der Waals surface area contributed by atoms with Gasteiger partial charge < -0.3 is 5.32 Å². The number of sulfonamides is 1. The fourth-order valence-corrected chi connectivity index (χ4v) is 3.34. The second-order valence-electron chi connectivity index (χ2n) is 5.10. The van der Waals surface area contributed by atoms with Gasteiger partial charge in [-0.2, -0.15) is 0 Å². The van der Waals surface area contributed by atoms with Gasteiger partial charge in [-0.05, 0) is 30.3 Å². The lowest BCUT2D eigenvalue weighted by Crippen LogP contribution is -2.33. The molecule has 2 aromatic carbocycles. The molecule has 0 aliphatic heterocycles. The highest BCUT2D eigenvalue weighted by Crippen LogP contribution is 2.27. The van der Waals surface area contributed by atoms with Crippen molar-refractivity contribution in [3.05, 3.63) is 59.4 Å². The summed E-state index contributed by atoms with van der Waals surface area (Å²) in [5.74, 6) is -0.900. The van der Waals surface area contributed by atoms with Crippen LogP contribution in [0.15, 0.2) is 48.5 Å². The third kappa shape index (κ3) is 4.94. The van der Waals surface area contributed by atoms with Crippen molar-refractivity contribution in [3.8, 4) is 0 Å². The number of hydrogen-bond donors (Lipinski definition) is 1. The van der Waals surface area contributed by atoms with Gasteiger partial charge in [-0.1, -0.05) is 29.8 Å². The summed E-state index contributed by atoms with van der Waals surface area (Å²) < 4.78 is 38.1. The highest BCUT2D eigenvalue weighted by atomic mass is 35.5. The van der Waals surface area contributed by atoms with E-state index in [-0.39, 0.29) is 18.0 Å². The Morgan fingerprint density at radius 1 is 1.21 bits per heavy atom. The molecular formula is C16H16ClFN2O3S. The zero-order valence-corrected chi connectivity index (χ0v) is 14.4. The predicted molar refractivity (Wildman–Crippen MR) is 93.3 cm³/mol. The molecule has 0 saturated carbocycles. The predicted octanol–water partition coefficient (Wildman–Crippen LogP) is 3.27. The zero-order valence-electron chi connectivity index (χ0n) is 12.9. The molecule has 24 heavy (non-hydrogen) atoms. The van der Waals surface area contributed by atoms with E-state index in [1.54, 1.807) is 30.3 Å². The lowest BCUT2D eigenvalue weighted by Gasteiger charge is -2.23. The van der Waals surface area contributed by atoms with Crippen LogP contribution in [0.4, 0.5) is 15.8 Å². The van der Waals surface area contributed by atoms with Crippen LogP contribution in [0.1, 0.15) is 6.42 Å². The molecule has 1 amide bonds. The Kier molecular flexibility index (Phi) is 5.80. The number of hydrogen-bond acceptors (Lipinski definition) is 3. The Morgan fingerprint density at radius 2 is 1.92 bits per heavy atom. The van der Waals surface area contributed by atoms with Crippen LogP contribution >= 0.6 is 11.6 Å². The molecule has 0 unspecified atom stereocenters. The second-order valence-corrected chi connectivity index (χ2v) is 7.41. The van der Waals surface area contributed by atoms with Crippen LogP contribution in [0.3, 0.4) is 0 Å². The number of carbonyl (C=O) groups excluding carboxylic acids is 1. The van der Waals surface area contributed by atoms with Crippen LogP contribution in [-0.4, -0.2) is 27.1 Å². The van der Waals surface area contributed by atoms with Crippen molar-refractivity contribution in [1.29, 1.82) is 0 Å². The molecule has 0 atom stereocenters. The number of nitrogens with zero attached hydrogens (tertiary/aromatic N) is 1. The van der Waals surface area contributed by atoms with Crippen LogP contribution in [0, 0.1) is 5.82 Å². The minimum Gasteiger partial charge on any atom is -0.326 e. The summed E-state index contributed by atoms with van der Waals surface area (Å²) in [4.78, 5) is 12.0. The molecule has 8 heteroatoms. The van der Waals surface area contributed by atoms with Gasteiger partial charge in [0.15, 0.2) is 0 Å². The molecule has 2 rings (SSSR count). The van der Waals surface area contributed by atoms with Gasteiger partial charge in [0.2, 0.25) is 15.9 Å². The van der Waals surface area contributed by atoms with Crippen molar-refractivity contribution in [2.45, 2.75) is 6.42 Å². The van der Waals surface area contributed by atoms with Gasteiger partial charge in [0, 0.05) is 18.7 Å². The molecule has 0 aliphatic carbocycles. The third-order valence-corrected chi connectivity index (χ3v) is 4.67. The van der Waals surface area contributed by atoms with E-state index >= 15 is 0 Å². The summed E-state index contributed by atoms with van der Waals surface area (Å²) >= 11 is 6.04. The maximum Gasteiger partial charge on any atom is 0.232 e. The maximum absolute atomic E-state index is 13.1. The lowest BCUT2D eigenvalue weighted by atomic mass is 10.3. The molecule has 5 nitrogen and oxygen atoms in total. The fourth-order valence-electron chi connectivity index (χ4n) is 2.11. The number of amides is 1. The Hall–Kier alpha value is -2.12. The minimum atomic E-state index is -3.61. The Balaban J connectivity index is 2.09. The van der Waals surface area contributed by atoms with E-state index in [4.69, 9.17) is 11.6 Å². The molecule has 1 N–H and O–H groups in total. The Bertz CT molecular complexity index is 843. The number of carbonyl (C=O) groups is 1. The number of para-hydroxylation sites is 1. The molecule has 0 saturated heterocycles. The van der Waals surface area contributed by atoms with Crippen LogP contribution in [0.2, 0.25) is 5.02 Å². The SMILES string of the molecule is CS(=O)(=O)N(CCC(=O)Nc1cccc(F)c1)c1ccccc1Cl. The summed E-state index contributed by atoms with van der Waals surface area (Å²) in [6.45, 7) is -0.0796. The van der Waals surface area contributed by atoms with Gasteiger partial charge in [-0.15, -0.1) is 0 Å². The Labute approximate surface area is 145 Å². The Morgan fingerprint density at radius 3 is 2.54 bits per heavy atom. The molecule has 128 valence electrons.